The van der Waals surface area contributed by atoms with Gasteiger partial charge < -0.3 is 4.74 Å². The molecule has 0 radical (unpaired) electrons. The van der Waals surface area contributed by atoms with Gasteiger partial charge in [0.25, 0.3) is 0 Å². The van der Waals surface area contributed by atoms with E-state index in [1.54, 1.807) is 11.6 Å². The molecular formula is C18H35N3O2. The standard InChI is InChI=1S/C12H19N3O2.C4H10.C2H6/c1-9(16)8-17-11-7-5-3-4-6-10-12(11)15(2)14-13-10;1-3-4-2;1-2/h11H,3-8H2,1-2H3;3-4H2,1-2H3;1-2H3. The highest BCUT2D eigenvalue weighted by atomic mass is 16.5. The van der Waals surface area contributed by atoms with Crippen LogP contribution in [-0.2, 0) is 23.0 Å². The van der Waals surface area contributed by atoms with Crippen molar-refractivity contribution in [2.75, 3.05) is 6.61 Å². The van der Waals surface area contributed by atoms with E-state index in [0.717, 1.165) is 37.1 Å². The Hall–Kier alpha value is -1.23. The number of unbranched alkanes of at least 4 members (excludes halogenated alkanes) is 1. The number of Topliss-reactive ketones (excluding diaryl/α,β-unsaturated/α-hetero) is 1. The van der Waals surface area contributed by atoms with Crippen molar-refractivity contribution < 1.29 is 9.53 Å². The lowest BCUT2D eigenvalue weighted by molar-refractivity contribution is -0.123. The molecule has 0 N–H and O–H groups in total. The number of ketones is 1. The molecule has 1 aliphatic carbocycles. The van der Waals surface area contributed by atoms with Crippen LogP contribution in [0.1, 0.15) is 90.6 Å². The van der Waals surface area contributed by atoms with Crippen LogP contribution in [0.25, 0.3) is 0 Å². The van der Waals surface area contributed by atoms with Gasteiger partial charge in [0.2, 0.25) is 0 Å². The van der Waals surface area contributed by atoms with Crippen molar-refractivity contribution >= 4 is 5.78 Å². The molecule has 1 unspecified atom stereocenters. The minimum Gasteiger partial charge on any atom is -0.364 e. The van der Waals surface area contributed by atoms with Crippen LogP contribution in [0.3, 0.4) is 0 Å². The third-order valence-electron chi connectivity index (χ3n) is 3.62. The van der Waals surface area contributed by atoms with E-state index in [-0.39, 0.29) is 18.5 Å². The zero-order valence-corrected chi connectivity index (χ0v) is 15.9. The van der Waals surface area contributed by atoms with Gasteiger partial charge in [-0.25, -0.2) is 4.68 Å². The number of fused-ring (bicyclic) bond motifs is 1. The Labute approximate surface area is 141 Å². The molecule has 0 aliphatic heterocycles. The second-order valence-electron chi connectivity index (χ2n) is 5.65. The lowest BCUT2D eigenvalue weighted by atomic mass is 9.99. The summed E-state index contributed by atoms with van der Waals surface area (Å²) in [6.07, 6.45) is 7.99. The van der Waals surface area contributed by atoms with Crippen molar-refractivity contribution in [2.24, 2.45) is 7.05 Å². The second-order valence-corrected chi connectivity index (χ2v) is 5.65. The van der Waals surface area contributed by atoms with Gasteiger partial charge >= 0.3 is 0 Å². The molecule has 1 heterocycles. The quantitative estimate of drug-likeness (QED) is 0.822. The molecule has 1 aromatic rings. The normalized spacial score (nSPS) is 16.7. The Bertz CT molecular complexity index is 428. The van der Waals surface area contributed by atoms with Gasteiger partial charge in [0.05, 0.1) is 11.4 Å². The summed E-state index contributed by atoms with van der Waals surface area (Å²) >= 11 is 0. The summed E-state index contributed by atoms with van der Waals surface area (Å²) in [7, 11) is 1.89. The van der Waals surface area contributed by atoms with Crippen LogP contribution in [0.4, 0.5) is 0 Å². The van der Waals surface area contributed by atoms with Crippen molar-refractivity contribution in [3.63, 3.8) is 0 Å². The van der Waals surface area contributed by atoms with E-state index in [9.17, 15) is 4.79 Å². The van der Waals surface area contributed by atoms with E-state index in [0.29, 0.717) is 0 Å². The minimum atomic E-state index is -0.0331. The molecule has 1 aliphatic rings. The summed E-state index contributed by atoms with van der Waals surface area (Å²) < 4.78 is 7.48. The first-order chi connectivity index (χ1) is 11.1. The van der Waals surface area contributed by atoms with Gasteiger partial charge in [0.15, 0.2) is 5.78 Å². The molecule has 2 rings (SSSR count). The number of hydrogen-bond acceptors (Lipinski definition) is 4. The van der Waals surface area contributed by atoms with E-state index in [2.05, 4.69) is 24.2 Å². The van der Waals surface area contributed by atoms with E-state index >= 15 is 0 Å². The molecule has 0 bridgehead atoms. The lowest BCUT2D eigenvalue weighted by Crippen LogP contribution is -2.16. The fraction of sp³-hybridized carbons (Fsp3) is 0.833. The Morgan fingerprint density at radius 2 is 1.87 bits per heavy atom. The number of carbonyl (C=O) groups is 1. The molecule has 0 amide bonds. The minimum absolute atomic E-state index is 0.0331. The van der Waals surface area contributed by atoms with Gasteiger partial charge in [0.1, 0.15) is 12.7 Å². The monoisotopic (exact) mass is 325 g/mol. The molecule has 0 spiro atoms. The highest BCUT2D eigenvalue weighted by Gasteiger charge is 2.23. The molecular weight excluding hydrogens is 290 g/mol. The van der Waals surface area contributed by atoms with Crippen LogP contribution >= 0.6 is 0 Å². The summed E-state index contributed by atoms with van der Waals surface area (Å²) in [6.45, 7) is 10.1. The van der Waals surface area contributed by atoms with Crippen LogP contribution in [0.2, 0.25) is 0 Å². The van der Waals surface area contributed by atoms with Crippen molar-refractivity contribution in [3.05, 3.63) is 11.4 Å². The van der Waals surface area contributed by atoms with Crippen LogP contribution in [0.15, 0.2) is 0 Å². The molecule has 1 aromatic heterocycles. The largest absolute Gasteiger partial charge is 0.364 e. The van der Waals surface area contributed by atoms with Crippen LogP contribution < -0.4 is 0 Å². The summed E-state index contributed by atoms with van der Waals surface area (Å²) in [5, 5.41) is 8.24. The molecule has 23 heavy (non-hydrogen) atoms. The van der Waals surface area contributed by atoms with Crippen LogP contribution in [-0.4, -0.2) is 27.4 Å². The first-order valence-electron chi connectivity index (χ1n) is 9.09. The first kappa shape index (κ1) is 21.8. The highest BCUT2D eigenvalue weighted by molar-refractivity contribution is 5.76. The number of aryl methyl sites for hydroxylation is 2. The Balaban J connectivity index is 0.000000705. The number of aromatic nitrogens is 3. The van der Waals surface area contributed by atoms with Gasteiger partial charge in [-0.05, 0) is 26.2 Å². The third kappa shape index (κ3) is 8.26. The molecule has 0 saturated carbocycles. The molecule has 0 saturated heterocycles. The fourth-order valence-corrected chi connectivity index (χ4v) is 2.30. The molecule has 1 atom stereocenters. The topological polar surface area (TPSA) is 57.0 Å². The first-order valence-corrected chi connectivity index (χ1v) is 9.09. The third-order valence-corrected chi connectivity index (χ3v) is 3.62. The smallest absolute Gasteiger partial charge is 0.155 e. The molecule has 134 valence electrons. The highest BCUT2D eigenvalue weighted by Crippen LogP contribution is 2.29. The van der Waals surface area contributed by atoms with Crippen molar-refractivity contribution in [3.8, 4) is 0 Å². The maximum absolute atomic E-state index is 11.0. The number of ether oxygens (including phenoxy) is 1. The average Bonchev–Trinajstić information content (AvgIpc) is 2.89. The Kier molecular flexibility index (Phi) is 12.5. The molecule has 0 aromatic carbocycles. The zero-order valence-electron chi connectivity index (χ0n) is 15.9. The predicted molar refractivity (Wildman–Crippen MR) is 94.5 cm³/mol. The summed E-state index contributed by atoms with van der Waals surface area (Å²) in [4.78, 5) is 11.0. The summed E-state index contributed by atoms with van der Waals surface area (Å²) in [5.41, 5.74) is 2.08. The van der Waals surface area contributed by atoms with E-state index in [4.69, 9.17) is 4.74 Å². The van der Waals surface area contributed by atoms with Crippen molar-refractivity contribution in [1.29, 1.82) is 0 Å². The van der Waals surface area contributed by atoms with Crippen molar-refractivity contribution in [1.82, 2.24) is 15.0 Å². The van der Waals surface area contributed by atoms with Crippen LogP contribution in [0, 0.1) is 0 Å². The Morgan fingerprint density at radius 3 is 2.43 bits per heavy atom. The summed E-state index contributed by atoms with van der Waals surface area (Å²) in [5.74, 6) is 0.0590. The van der Waals surface area contributed by atoms with Gasteiger partial charge in [-0.3, -0.25) is 4.79 Å². The SMILES string of the molecule is CC.CC(=O)COC1CCCCCc2nnn(C)c21.CCCC. The van der Waals surface area contributed by atoms with Crippen molar-refractivity contribution in [2.45, 2.75) is 85.7 Å². The van der Waals surface area contributed by atoms with E-state index < -0.39 is 0 Å². The number of hydrogen-bond donors (Lipinski definition) is 0. The Morgan fingerprint density at radius 1 is 1.22 bits per heavy atom. The number of nitrogens with zero attached hydrogens (tertiary/aromatic N) is 3. The summed E-state index contributed by atoms with van der Waals surface area (Å²) in [6, 6.07) is 0. The number of carbonyl (C=O) groups excluding carboxylic acids is 1. The van der Waals surface area contributed by atoms with Crippen LogP contribution in [0.5, 0.6) is 0 Å². The van der Waals surface area contributed by atoms with Gasteiger partial charge in [-0.1, -0.05) is 58.6 Å². The lowest BCUT2D eigenvalue weighted by Gasteiger charge is -2.20. The molecule has 0 fully saturated rings. The second kappa shape index (κ2) is 13.2. The van der Waals surface area contributed by atoms with E-state index in [1.807, 2.05) is 20.9 Å². The maximum atomic E-state index is 11.0. The van der Waals surface area contributed by atoms with Gasteiger partial charge in [-0.2, -0.15) is 0 Å². The maximum Gasteiger partial charge on any atom is 0.155 e. The number of rotatable bonds is 4. The fourth-order valence-electron chi connectivity index (χ4n) is 2.30. The van der Waals surface area contributed by atoms with E-state index in [1.165, 1.54) is 19.3 Å². The van der Waals surface area contributed by atoms with Gasteiger partial charge in [0, 0.05) is 7.05 Å². The molecule has 5 heteroatoms. The predicted octanol–water partition coefficient (Wildman–Crippen LogP) is 4.41. The van der Waals surface area contributed by atoms with Gasteiger partial charge in [-0.15, -0.1) is 5.10 Å². The zero-order chi connectivity index (χ0) is 17.7. The average molecular weight is 325 g/mol. The molecule has 5 nitrogen and oxygen atoms in total.